The summed E-state index contributed by atoms with van der Waals surface area (Å²) >= 11 is 0. The molecule has 120 valence electrons. The summed E-state index contributed by atoms with van der Waals surface area (Å²) in [7, 11) is 0. The number of phenolic OH excluding ortho intramolecular Hbond substituents is 1. The highest BCUT2D eigenvalue weighted by Crippen LogP contribution is 2.45. The van der Waals surface area contributed by atoms with E-state index in [-0.39, 0.29) is 16.9 Å². The molecule has 0 aromatic heterocycles. The highest BCUT2D eigenvalue weighted by atomic mass is 16.5. The van der Waals surface area contributed by atoms with Crippen molar-refractivity contribution in [3.63, 3.8) is 0 Å². The molecule has 23 heavy (non-hydrogen) atoms. The maximum atomic E-state index is 11.1. The van der Waals surface area contributed by atoms with Crippen LogP contribution in [0.1, 0.15) is 27.6 Å². The molecule has 1 aromatic rings. The Bertz CT molecular complexity index is 758. The lowest BCUT2D eigenvalue weighted by Crippen LogP contribution is -2.44. The number of aliphatic hydroxyl groups excluding tert-OH is 1. The molecule has 1 aliphatic carbocycles. The number of hydrogen-bond acceptors (Lipinski definition) is 6. The molecule has 0 bridgehead atoms. The Labute approximate surface area is 130 Å². The minimum atomic E-state index is -2.57. The van der Waals surface area contributed by atoms with Gasteiger partial charge in [-0.3, -0.25) is 0 Å². The zero-order valence-corrected chi connectivity index (χ0v) is 11.7. The minimum Gasteiger partial charge on any atom is -0.507 e. The van der Waals surface area contributed by atoms with E-state index in [9.17, 15) is 25.2 Å². The van der Waals surface area contributed by atoms with Crippen molar-refractivity contribution in [1.82, 2.24) is 0 Å². The molecule has 0 saturated heterocycles. The van der Waals surface area contributed by atoms with E-state index in [1.165, 1.54) is 30.6 Å². The Morgan fingerprint density at radius 2 is 1.96 bits per heavy atom. The fourth-order valence-electron chi connectivity index (χ4n) is 2.77. The number of carbonyl (C=O) groups is 1. The maximum Gasteiger partial charge on any atom is 0.335 e. The standard InChI is InChI=1S/C16H14O7/c17-11-7-9(15(19)20)6-8-4-5-23-14(13(8)11)10-2-1-3-12(18)16(10,21)22/h1-7,10,14,17-18,21-22H,(H,19,20). The molecule has 2 aliphatic rings. The molecule has 3 rings (SSSR count). The number of carboxylic acids is 1. The first-order chi connectivity index (χ1) is 10.8. The molecule has 1 aliphatic heterocycles. The van der Waals surface area contributed by atoms with Gasteiger partial charge in [0.2, 0.25) is 5.79 Å². The summed E-state index contributed by atoms with van der Waals surface area (Å²) in [5.74, 6) is -5.85. The first kappa shape index (κ1) is 15.1. The fourth-order valence-corrected chi connectivity index (χ4v) is 2.77. The van der Waals surface area contributed by atoms with Crippen molar-refractivity contribution in [3.05, 3.63) is 59.1 Å². The van der Waals surface area contributed by atoms with E-state index in [2.05, 4.69) is 0 Å². The minimum absolute atomic E-state index is 0.104. The van der Waals surface area contributed by atoms with Crippen LogP contribution in [0.4, 0.5) is 0 Å². The summed E-state index contributed by atoms with van der Waals surface area (Å²) < 4.78 is 5.41. The van der Waals surface area contributed by atoms with E-state index in [4.69, 9.17) is 9.84 Å². The van der Waals surface area contributed by atoms with Crippen molar-refractivity contribution in [2.45, 2.75) is 11.9 Å². The van der Waals surface area contributed by atoms with Crippen LogP contribution in [-0.4, -0.2) is 37.3 Å². The van der Waals surface area contributed by atoms with Crippen LogP contribution in [0.5, 0.6) is 5.75 Å². The van der Waals surface area contributed by atoms with Gasteiger partial charge in [0, 0.05) is 5.56 Å². The third kappa shape index (κ3) is 2.36. The SMILES string of the molecule is O=C(O)c1cc(O)c2c(c1)C=COC2C1C=CC=C(O)C1(O)O. The summed E-state index contributed by atoms with van der Waals surface area (Å²) in [4.78, 5) is 11.1. The summed E-state index contributed by atoms with van der Waals surface area (Å²) in [6.07, 6.45) is 5.74. The van der Waals surface area contributed by atoms with Crippen LogP contribution in [0, 0.1) is 5.92 Å². The zero-order chi connectivity index (χ0) is 16.8. The van der Waals surface area contributed by atoms with Crippen molar-refractivity contribution in [3.8, 4) is 5.75 Å². The van der Waals surface area contributed by atoms with Crippen molar-refractivity contribution in [2.75, 3.05) is 0 Å². The number of allylic oxidation sites excluding steroid dienone is 2. The average Bonchev–Trinajstić information content (AvgIpc) is 2.49. The van der Waals surface area contributed by atoms with Crippen molar-refractivity contribution < 1.29 is 35.1 Å². The second-order valence-corrected chi connectivity index (χ2v) is 5.35. The van der Waals surface area contributed by atoms with Crippen LogP contribution in [0.15, 0.2) is 42.4 Å². The van der Waals surface area contributed by atoms with Crippen molar-refractivity contribution in [1.29, 1.82) is 0 Å². The number of aromatic hydroxyl groups is 1. The van der Waals surface area contributed by atoms with Crippen molar-refractivity contribution in [2.24, 2.45) is 5.92 Å². The number of phenols is 1. The number of hydrogen-bond donors (Lipinski definition) is 5. The van der Waals surface area contributed by atoms with Gasteiger partial charge < -0.3 is 30.3 Å². The van der Waals surface area contributed by atoms with Gasteiger partial charge in [-0.25, -0.2) is 4.79 Å². The molecule has 0 saturated carbocycles. The van der Waals surface area contributed by atoms with Gasteiger partial charge in [0.1, 0.15) is 11.9 Å². The Morgan fingerprint density at radius 3 is 2.65 bits per heavy atom. The topological polar surface area (TPSA) is 127 Å². The van der Waals surface area contributed by atoms with Crippen LogP contribution in [-0.2, 0) is 4.74 Å². The van der Waals surface area contributed by atoms with Gasteiger partial charge in [-0.2, -0.15) is 0 Å². The second kappa shape index (κ2) is 5.15. The molecule has 0 radical (unpaired) electrons. The third-order valence-electron chi connectivity index (χ3n) is 3.93. The smallest absolute Gasteiger partial charge is 0.335 e. The molecule has 7 heteroatoms. The highest BCUT2D eigenvalue weighted by Gasteiger charge is 2.46. The Kier molecular flexibility index (Phi) is 3.39. The van der Waals surface area contributed by atoms with Gasteiger partial charge >= 0.3 is 5.97 Å². The second-order valence-electron chi connectivity index (χ2n) is 5.35. The predicted octanol–water partition coefficient (Wildman–Crippen LogP) is 1.44. The number of aliphatic hydroxyl groups is 3. The molecular formula is C16H14O7. The fraction of sp³-hybridized carbons (Fsp3) is 0.188. The summed E-state index contributed by atoms with van der Waals surface area (Å²) in [5, 5.41) is 49.1. The molecule has 2 atom stereocenters. The Morgan fingerprint density at radius 1 is 1.22 bits per heavy atom. The summed E-state index contributed by atoms with van der Waals surface area (Å²) in [6.45, 7) is 0. The largest absolute Gasteiger partial charge is 0.507 e. The van der Waals surface area contributed by atoms with E-state index in [0.717, 1.165) is 12.1 Å². The van der Waals surface area contributed by atoms with Crippen LogP contribution in [0.2, 0.25) is 0 Å². The quantitative estimate of drug-likeness (QED) is 0.522. The lowest BCUT2D eigenvalue weighted by atomic mass is 9.81. The van der Waals surface area contributed by atoms with Crippen LogP contribution >= 0.6 is 0 Å². The highest BCUT2D eigenvalue weighted by molar-refractivity contribution is 5.89. The normalized spacial score (nSPS) is 24.5. The molecule has 1 aromatic carbocycles. The van der Waals surface area contributed by atoms with Crippen LogP contribution < -0.4 is 0 Å². The van der Waals surface area contributed by atoms with Gasteiger partial charge in [-0.05, 0) is 29.8 Å². The molecule has 1 heterocycles. The van der Waals surface area contributed by atoms with Gasteiger partial charge in [-0.15, -0.1) is 0 Å². The van der Waals surface area contributed by atoms with E-state index in [0.29, 0.717) is 5.56 Å². The first-order valence-corrected chi connectivity index (χ1v) is 6.77. The molecule has 5 N–H and O–H groups in total. The first-order valence-electron chi connectivity index (χ1n) is 6.77. The van der Waals surface area contributed by atoms with E-state index >= 15 is 0 Å². The number of benzene rings is 1. The number of ether oxygens (including phenoxy) is 1. The monoisotopic (exact) mass is 318 g/mol. The van der Waals surface area contributed by atoms with Crippen LogP contribution in [0.3, 0.4) is 0 Å². The lowest BCUT2D eigenvalue weighted by Gasteiger charge is -2.37. The van der Waals surface area contributed by atoms with Gasteiger partial charge in [0.25, 0.3) is 0 Å². The van der Waals surface area contributed by atoms with E-state index in [1.54, 1.807) is 0 Å². The van der Waals surface area contributed by atoms with Gasteiger partial charge in [0.15, 0.2) is 5.76 Å². The molecule has 7 nitrogen and oxygen atoms in total. The van der Waals surface area contributed by atoms with E-state index < -0.39 is 29.5 Å². The van der Waals surface area contributed by atoms with Crippen molar-refractivity contribution >= 4 is 12.0 Å². The third-order valence-corrected chi connectivity index (χ3v) is 3.93. The lowest BCUT2D eigenvalue weighted by molar-refractivity contribution is -0.201. The number of fused-ring (bicyclic) bond motifs is 1. The summed E-state index contributed by atoms with van der Waals surface area (Å²) in [6, 6.07) is 2.41. The zero-order valence-electron chi connectivity index (χ0n) is 11.7. The Hall–Kier alpha value is -2.77. The van der Waals surface area contributed by atoms with Gasteiger partial charge in [-0.1, -0.05) is 12.2 Å². The predicted molar refractivity (Wildman–Crippen MR) is 78.4 cm³/mol. The van der Waals surface area contributed by atoms with Crippen LogP contribution in [0.25, 0.3) is 6.08 Å². The number of aromatic carboxylic acids is 1. The van der Waals surface area contributed by atoms with Gasteiger partial charge in [0.05, 0.1) is 17.7 Å². The molecule has 0 fully saturated rings. The van der Waals surface area contributed by atoms with E-state index in [1.807, 2.05) is 0 Å². The Balaban J connectivity index is 2.10. The summed E-state index contributed by atoms with van der Waals surface area (Å²) in [5.41, 5.74) is 0.499. The average molecular weight is 318 g/mol. The maximum absolute atomic E-state index is 11.1. The molecule has 0 spiro atoms. The molecule has 2 unspecified atom stereocenters. The number of rotatable bonds is 2. The number of carboxylic acid groups (broad SMARTS) is 1. The molecular weight excluding hydrogens is 304 g/mol. The molecule has 0 amide bonds.